The molecule has 0 saturated heterocycles. The second kappa shape index (κ2) is 5.24. The third-order valence-corrected chi connectivity index (χ3v) is 4.85. The third kappa shape index (κ3) is 2.02. The Kier molecular flexibility index (Phi) is 2.92. The zero-order valence-electron chi connectivity index (χ0n) is 13.3. The summed E-state index contributed by atoms with van der Waals surface area (Å²) < 4.78 is 0. The van der Waals surface area contributed by atoms with Gasteiger partial charge >= 0.3 is 0 Å². The van der Waals surface area contributed by atoms with Crippen molar-refractivity contribution in [3.8, 4) is 0 Å². The molecule has 1 heteroatoms. The lowest BCUT2D eigenvalue weighted by atomic mass is 9.93. The first-order valence-electron chi connectivity index (χ1n) is 8.34. The standard InChI is InChI=1S/C23H17N/c1-2-5-16(6-3-1)15-24-21-14-12-19-10-9-17-7-4-8-18-11-13-20(21)23(19)22(17)18/h1-14,24H,15H2. The maximum Gasteiger partial charge on any atom is 0.0423 e. The molecule has 0 atom stereocenters. The molecule has 0 aliphatic heterocycles. The van der Waals surface area contributed by atoms with E-state index in [1.165, 1.54) is 43.6 Å². The average molecular weight is 307 g/mol. The second-order valence-electron chi connectivity index (χ2n) is 6.31. The maximum atomic E-state index is 3.62. The van der Waals surface area contributed by atoms with Crippen molar-refractivity contribution >= 4 is 38.0 Å². The fraction of sp³-hybridized carbons (Fsp3) is 0.0435. The van der Waals surface area contributed by atoms with Crippen LogP contribution in [-0.4, -0.2) is 0 Å². The highest BCUT2D eigenvalue weighted by atomic mass is 14.9. The van der Waals surface area contributed by atoms with Gasteiger partial charge in [0, 0.05) is 17.6 Å². The van der Waals surface area contributed by atoms with Crippen molar-refractivity contribution in [2.45, 2.75) is 6.54 Å². The van der Waals surface area contributed by atoms with Crippen molar-refractivity contribution in [3.63, 3.8) is 0 Å². The lowest BCUT2D eigenvalue weighted by Gasteiger charge is -2.15. The molecule has 0 aliphatic carbocycles. The van der Waals surface area contributed by atoms with E-state index in [0.29, 0.717) is 0 Å². The Morgan fingerprint density at radius 2 is 1.21 bits per heavy atom. The van der Waals surface area contributed by atoms with Crippen LogP contribution in [0.15, 0.2) is 84.9 Å². The summed E-state index contributed by atoms with van der Waals surface area (Å²) in [5.74, 6) is 0. The molecule has 0 heterocycles. The molecule has 1 nitrogen and oxygen atoms in total. The molecule has 0 spiro atoms. The minimum atomic E-state index is 0.838. The monoisotopic (exact) mass is 307 g/mol. The van der Waals surface area contributed by atoms with Crippen LogP contribution in [0.3, 0.4) is 0 Å². The van der Waals surface area contributed by atoms with Crippen LogP contribution in [0.1, 0.15) is 5.56 Å². The highest BCUT2D eigenvalue weighted by molar-refractivity contribution is 6.25. The van der Waals surface area contributed by atoms with Crippen LogP contribution in [-0.2, 0) is 6.54 Å². The molecule has 5 aromatic carbocycles. The minimum Gasteiger partial charge on any atom is -0.380 e. The summed E-state index contributed by atoms with van der Waals surface area (Å²) in [4.78, 5) is 0. The van der Waals surface area contributed by atoms with E-state index in [4.69, 9.17) is 0 Å². The van der Waals surface area contributed by atoms with Gasteiger partial charge in [0.15, 0.2) is 0 Å². The molecule has 0 aliphatic rings. The zero-order chi connectivity index (χ0) is 15.9. The van der Waals surface area contributed by atoms with Crippen molar-refractivity contribution in [2.24, 2.45) is 0 Å². The fourth-order valence-electron chi connectivity index (χ4n) is 3.68. The molecule has 0 bridgehead atoms. The van der Waals surface area contributed by atoms with Crippen LogP contribution in [0, 0.1) is 0 Å². The Bertz CT molecular complexity index is 1130. The largest absolute Gasteiger partial charge is 0.380 e. The SMILES string of the molecule is c1ccc(CNc2ccc3ccc4cccc5ccc2c3c45)cc1. The van der Waals surface area contributed by atoms with E-state index >= 15 is 0 Å². The molecular formula is C23H17N. The molecule has 24 heavy (non-hydrogen) atoms. The van der Waals surface area contributed by atoms with Gasteiger partial charge in [-0.1, -0.05) is 78.9 Å². The van der Waals surface area contributed by atoms with Gasteiger partial charge in [-0.2, -0.15) is 0 Å². The van der Waals surface area contributed by atoms with Gasteiger partial charge in [-0.25, -0.2) is 0 Å². The molecular weight excluding hydrogens is 290 g/mol. The molecule has 0 aromatic heterocycles. The number of rotatable bonds is 3. The molecule has 0 amide bonds. The van der Waals surface area contributed by atoms with E-state index in [1.807, 2.05) is 0 Å². The summed E-state index contributed by atoms with van der Waals surface area (Å²) in [6.07, 6.45) is 0. The highest BCUT2D eigenvalue weighted by Crippen LogP contribution is 2.37. The number of hydrogen-bond acceptors (Lipinski definition) is 1. The first-order valence-corrected chi connectivity index (χ1v) is 8.34. The van der Waals surface area contributed by atoms with E-state index in [0.717, 1.165) is 6.54 Å². The number of benzene rings is 5. The van der Waals surface area contributed by atoms with Crippen LogP contribution in [0.5, 0.6) is 0 Å². The van der Waals surface area contributed by atoms with E-state index < -0.39 is 0 Å². The molecule has 0 unspecified atom stereocenters. The number of anilines is 1. The molecule has 1 N–H and O–H groups in total. The van der Waals surface area contributed by atoms with E-state index in [9.17, 15) is 0 Å². The number of nitrogens with one attached hydrogen (secondary N) is 1. The first-order chi connectivity index (χ1) is 11.9. The Hall–Kier alpha value is -3.06. The van der Waals surface area contributed by atoms with Gasteiger partial charge in [0.2, 0.25) is 0 Å². The highest BCUT2D eigenvalue weighted by Gasteiger charge is 2.10. The molecule has 5 aromatic rings. The smallest absolute Gasteiger partial charge is 0.0423 e. The minimum absolute atomic E-state index is 0.838. The summed E-state index contributed by atoms with van der Waals surface area (Å²) in [6, 6.07) is 30.4. The summed E-state index contributed by atoms with van der Waals surface area (Å²) in [5, 5.41) is 11.6. The molecule has 5 rings (SSSR count). The van der Waals surface area contributed by atoms with E-state index in [-0.39, 0.29) is 0 Å². The summed E-state index contributed by atoms with van der Waals surface area (Å²) >= 11 is 0. The Balaban J connectivity index is 1.69. The Morgan fingerprint density at radius 3 is 2.00 bits per heavy atom. The maximum absolute atomic E-state index is 3.62. The zero-order valence-corrected chi connectivity index (χ0v) is 13.3. The molecule has 0 fully saturated rings. The summed E-state index contributed by atoms with van der Waals surface area (Å²) in [5.41, 5.74) is 2.49. The summed E-state index contributed by atoms with van der Waals surface area (Å²) in [7, 11) is 0. The fourth-order valence-corrected chi connectivity index (χ4v) is 3.68. The van der Waals surface area contributed by atoms with Crippen LogP contribution < -0.4 is 5.32 Å². The van der Waals surface area contributed by atoms with Crippen LogP contribution in [0.25, 0.3) is 32.3 Å². The van der Waals surface area contributed by atoms with Crippen molar-refractivity contribution in [1.29, 1.82) is 0 Å². The lowest BCUT2D eigenvalue weighted by molar-refractivity contribution is 1.16. The van der Waals surface area contributed by atoms with Gasteiger partial charge in [-0.3, -0.25) is 0 Å². The van der Waals surface area contributed by atoms with Gasteiger partial charge in [0.25, 0.3) is 0 Å². The second-order valence-corrected chi connectivity index (χ2v) is 6.31. The lowest BCUT2D eigenvalue weighted by Crippen LogP contribution is -2.00. The normalized spacial score (nSPS) is 11.5. The van der Waals surface area contributed by atoms with Crippen molar-refractivity contribution in [2.75, 3.05) is 5.32 Å². The van der Waals surface area contributed by atoms with Gasteiger partial charge in [0.1, 0.15) is 0 Å². The van der Waals surface area contributed by atoms with E-state index in [1.54, 1.807) is 0 Å². The van der Waals surface area contributed by atoms with Crippen LogP contribution >= 0.6 is 0 Å². The predicted octanol–water partition coefficient (Wildman–Crippen LogP) is 6.20. The topological polar surface area (TPSA) is 12.0 Å². The average Bonchev–Trinajstić information content (AvgIpc) is 2.66. The summed E-state index contributed by atoms with van der Waals surface area (Å²) in [6.45, 7) is 0.838. The predicted molar refractivity (Wildman–Crippen MR) is 104 cm³/mol. The Morgan fingerprint density at radius 1 is 0.542 bits per heavy atom. The van der Waals surface area contributed by atoms with Gasteiger partial charge in [-0.15, -0.1) is 0 Å². The van der Waals surface area contributed by atoms with Crippen molar-refractivity contribution in [1.82, 2.24) is 0 Å². The number of hydrogen-bond donors (Lipinski definition) is 1. The van der Waals surface area contributed by atoms with Crippen LogP contribution in [0.4, 0.5) is 5.69 Å². The third-order valence-electron chi connectivity index (χ3n) is 4.85. The quantitative estimate of drug-likeness (QED) is 0.391. The molecule has 114 valence electrons. The molecule has 0 saturated carbocycles. The van der Waals surface area contributed by atoms with Crippen molar-refractivity contribution < 1.29 is 0 Å². The van der Waals surface area contributed by atoms with Gasteiger partial charge in [0.05, 0.1) is 0 Å². The first kappa shape index (κ1) is 13.4. The van der Waals surface area contributed by atoms with Gasteiger partial charge < -0.3 is 5.32 Å². The van der Waals surface area contributed by atoms with Crippen LogP contribution in [0.2, 0.25) is 0 Å². The van der Waals surface area contributed by atoms with E-state index in [2.05, 4.69) is 90.2 Å². The van der Waals surface area contributed by atoms with Gasteiger partial charge in [-0.05, 0) is 38.6 Å². The van der Waals surface area contributed by atoms with Crippen molar-refractivity contribution in [3.05, 3.63) is 90.5 Å². The molecule has 0 radical (unpaired) electrons. The Labute approximate surface area is 140 Å².